The molecule has 0 bridgehead atoms. The summed E-state index contributed by atoms with van der Waals surface area (Å²) in [4.78, 5) is 13.6. The number of alkyl halides is 1. The van der Waals surface area contributed by atoms with Crippen LogP contribution in [0.4, 0.5) is 4.39 Å². The highest BCUT2D eigenvalue weighted by Crippen LogP contribution is 2.08. The molecule has 0 saturated carbocycles. The second-order valence-corrected chi connectivity index (χ2v) is 3.87. The second kappa shape index (κ2) is 6.48. The molecule has 0 saturated heterocycles. The summed E-state index contributed by atoms with van der Waals surface area (Å²) < 4.78 is 13.0. The molecule has 2 nitrogen and oxygen atoms in total. The quantitative estimate of drug-likeness (QED) is 0.729. The SMILES string of the molecule is CCCN(CCCl)C(=O)c1cccc(F)c1. The molecule has 1 amide bonds. The van der Waals surface area contributed by atoms with Gasteiger partial charge in [0.15, 0.2) is 0 Å². The molecule has 0 atom stereocenters. The molecular weight excluding hydrogens is 229 g/mol. The van der Waals surface area contributed by atoms with Crippen LogP contribution in [0, 0.1) is 5.82 Å². The zero-order chi connectivity index (χ0) is 12.0. The Labute approximate surface area is 100 Å². The summed E-state index contributed by atoms with van der Waals surface area (Å²) in [5.74, 6) is -0.170. The van der Waals surface area contributed by atoms with Crippen LogP contribution in [0.5, 0.6) is 0 Å². The van der Waals surface area contributed by atoms with E-state index in [2.05, 4.69) is 0 Å². The third-order valence-corrected chi connectivity index (χ3v) is 2.38. The van der Waals surface area contributed by atoms with Crippen molar-refractivity contribution in [2.45, 2.75) is 13.3 Å². The average molecular weight is 244 g/mol. The van der Waals surface area contributed by atoms with E-state index in [0.717, 1.165) is 6.42 Å². The van der Waals surface area contributed by atoms with E-state index in [0.29, 0.717) is 24.5 Å². The summed E-state index contributed by atoms with van der Waals surface area (Å²) in [6.45, 7) is 3.12. The number of nitrogens with zero attached hydrogens (tertiary/aromatic N) is 1. The number of hydrogen-bond donors (Lipinski definition) is 0. The fourth-order valence-corrected chi connectivity index (χ4v) is 1.69. The highest BCUT2D eigenvalue weighted by Gasteiger charge is 2.14. The standard InChI is InChI=1S/C12H15ClFNO/c1-2-7-15(8-6-13)12(16)10-4-3-5-11(14)9-10/h3-5,9H,2,6-8H2,1H3. The smallest absolute Gasteiger partial charge is 0.253 e. The Bertz CT molecular complexity index is 351. The molecule has 0 aliphatic carbocycles. The van der Waals surface area contributed by atoms with Crippen molar-refractivity contribution < 1.29 is 9.18 Å². The summed E-state index contributed by atoms with van der Waals surface area (Å²) in [6.07, 6.45) is 0.859. The van der Waals surface area contributed by atoms with Gasteiger partial charge in [-0.05, 0) is 24.6 Å². The zero-order valence-corrected chi connectivity index (χ0v) is 10.0. The fraction of sp³-hybridized carbons (Fsp3) is 0.417. The maximum atomic E-state index is 13.0. The van der Waals surface area contributed by atoms with Crippen LogP contribution in [-0.2, 0) is 0 Å². The van der Waals surface area contributed by atoms with Gasteiger partial charge in [-0.3, -0.25) is 4.79 Å². The van der Waals surface area contributed by atoms with Crippen molar-refractivity contribution in [1.82, 2.24) is 4.90 Å². The van der Waals surface area contributed by atoms with Crippen LogP contribution in [0.2, 0.25) is 0 Å². The van der Waals surface area contributed by atoms with Crippen molar-refractivity contribution in [3.63, 3.8) is 0 Å². The molecule has 0 radical (unpaired) electrons. The normalized spacial score (nSPS) is 10.2. The highest BCUT2D eigenvalue weighted by molar-refractivity contribution is 6.18. The van der Waals surface area contributed by atoms with Crippen LogP contribution in [-0.4, -0.2) is 29.8 Å². The van der Waals surface area contributed by atoms with Crippen molar-refractivity contribution >= 4 is 17.5 Å². The molecule has 4 heteroatoms. The molecule has 1 aromatic carbocycles. The van der Waals surface area contributed by atoms with Gasteiger partial charge in [-0.1, -0.05) is 13.0 Å². The third-order valence-electron chi connectivity index (χ3n) is 2.21. The Balaban J connectivity index is 2.81. The molecule has 0 aliphatic rings. The number of amides is 1. The minimum atomic E-state index is -0.395. The average Bonchev–Trinajstić information content (AvgIpc) is 2.28. The Kier molecular flexibility index (Phi) is 5.26. The van der Waals surface area contributed by atoms with Crippen molar-refractivity contribution in [3.05, 3.63) is 35.6 Å². The minimum Gasteiger partial charge on any atom is -0.337 e. The number of hydrogen-bond acceptors (Lipinski definition) is 1. The lowest BCUT2D eigenvalue weighted by molar-refractivity contribution is 0.0765. The summed E-state index contributed by atoms with van der Waals surface area (Å²) in [7, 11) is 0. The molecule has 0 fully saturated rings. The van der Waals surface area contributed by atoms with Gasteiger partial charge in [-0.25, -0.2) is 4.39 Å². The van der Waals surface area contributed by atoms with E-state index < -0.39 is 5.82 Å². The Morgan fingerprint density at radius 1 is 1.44 bits per heavy atom. The molecule has 0 heterocycles. The van der Waals surface area contributed by atoms with Crippen LogP contribution in [0.3, 0.4) is 0 Å². The molecule has 0 spiro atoms. The minimum absolute atomic E-state index is 0.165. The first-order valence-electron chi connectivity index (χ1n) is 5.29. The summed E-state index contributed by atoms with van der Waals surface area (Å²) >= 11 is 5.63. The summed E-state index contributed by atoms with van der Waals surface area (Å²) in [5, 5.41) is 0. The first-order valence-corrected chi connectivity index (χ1v) is 5.83. The van der Waals surface area contributed by atoms with E-state index in [4.69, 9.17) is 11.6 Å². The van der Waals surface area contributed by atoms with Crippen molar-refractivity contribution in [2.24, 2.45) is 0 Å². The van der Waals surface area contributed by atoms with E-state index in [1.54, 1.807) is 11.0 Å². The first kappa shape index (κ1) is 13.0. The van der Waals surface area contributed by atoms with Crippen LogP contribution >= 0.6 is 11.6 Å². The molecule has 0 aliphatic heterocycles. The van der Waals surface area contributed by atoms with Crippen LogP contribution in [0.25, 0.3) is 0 Å². The van der Waals surface area contributed by atoms with Gasteiger partial charge < -0.3 is 4.90 Å². The molecule has 1 aromatic rings. The number of halogens is 2. The van der Waals surface area contributed by atoms with Crippen LogP contribution in [0.1, 0.15) is 23.7 Å². The van der Waals surface area contributed by atoms with E-state index in [1.165, 1.54) is 18.2 Å². The lowest BCUT2D eigenvalue weighted by Gasteiger charge is -2.20. The Morgan fingerprint density at radius 3 is 2.75 bits per heavy atom. The largest absolute Gasteiger partial charge is 0.337 e. The van der Waals surface area contributed by atoms with Crippen molar-refractivity contribution in [3.8, 4) is 0 Å². The molecule has 0 unspecified atom stereocenters. The first-order chi connectivity index (χ1) is 7.69. The van der Waals surface area contributed by atoms with Gasteiger partial charge in [0.2, 0.25) is 0 Å². The third kappa shape index (κ3) is 3.49. The lowest BCUT2D eigenvalue weighted by atomic mass is 10.2. The predicted molar refractivity (Wildman–Crippen MR) is 63.3 cm³/mol. The van der Waals surface area contributed by atoms with Gasteiger partial charge >= 0.3 is 0 Å². The van der Waals surface area contributed by atoms with Crippen molar-refractivity contribution in [2.75, 3.05) is 19.0 Å². The van der Waals surface area contributed by atoms with E-state index >= 15 is 0 Å². The fourth-order valence-electron chi connectivity index (χ4n) is 1.49. The molecule has 0 aromatic heterocycles. The molecule has 0 N–H and O–H groups in total. The predicted octanol–water partition coefficient (Wildman–Crippen LogP) is 2.92. The second-order valence-electron chi connectivity index (χ2n) is 3.49. The number of rotatable bonds is 5. The zero-order valence-electron chi connectivity index (χ0n) is 9.25. The van der Waals surface area contributed by atoms with E-state index in [1.807, 2.05) is 6.92 Å². The maximum Gasteiger partial charge on any atom is 0.253 e. The lowest BCUT2D eigenvalue weighted by Crippen LogP contribution is -2.33. The van der Waals surface area contributed by atoms with Gasteiger partial charge in [0, 0.05) is 24.5 Å². The monoisotopic (exact) mass is 243 g/mol. The van der Waals surface area contributed by atoms with Crippen LogP contribution < -0.4 is 0 Å². The van der Waals surface area contributed by atoms with Gasteiger partial charge in [-0.2, -0.15) is 0 Å². The van der Waals surface area contributed by atoms with Gasteiger partial charge in [0.1, 0.15) is 5.82 Å². The van der Waals surface area contributed by atoms with E-state index in [9.17, 15) is 9.18 Å². The Hall–Kier alpha value is -1.09. The molecule has 88 valence electrons. The Morgan fingerprint density at radius 2 is 2.19 bits per heavy atom. The summed E-state index contributed by atoms with van der Waals surface area (Å²) in [6, 6.07) is 5.72. The number of benzene rings is 1. The van der Waals surface area contributed by atoms with Gasteiger partial charge in [-0.15, -0.1) is 11.6 Å². The summed E-state index contributed by atoms with van der Waals surface area (Å²) in [5.41, 5.74) is 0.374. The molecule has 16 heavy (non-hydrogen) atoms. The van der Waals surface area contributed by atoms with E-state index in [-0.39, 0.29) is 5.91 Å². The highest BCUT2D eigenvalue weighted by atomic mass is 35.5. The molecular formula is C12H15ClFNO. The van der Waals surface area contributed by atoms with Crippen molar-refractivity contribution in [1.29, 1.82) is 0 Å². The maximum absolute atomic E-state index is 13.0. The van der Waals surface area contributed by atoms with Crippen LogP contribution in [0.15, 0.2) is 24.3 Å². The van der Waals surface area contributed by atoms with Gasteiger partial charge in [0.25, 0.3) is 5.91 Å². The molecule has 1 rings (SSSR count). The topological polar surface area (TPSA) is 20.3 Å². The van der Waals surface area contributed by atoms with Gasteiger partial charge in [0.05, 0.1) is 0 Å². The number of carbonyl (C=O) groups excluding carboxylic acids is 1. The number of carbonyl (C=O) groups is 1.